The van der Waals surface area contributed by atoms with Crippen LogP contribution in [0.1, 0.15) is 52.9 Å². The lowest BCUT2D eigenvalue weighted by atomic mass is 9.95. The molecule has 0 aromatic rings. The largest absolute Gasteiger partial charge is 0.444 e. The molecule has 0 aromatic heterocycles. The highest BCUT2D eigenvalue weighted by Crippen LogP contribution is 2.26. The molecule has 1 heterocycles. The van der Waals surface area contributed by atoms with Gasteiger partial charge in [-0.05, 0) is 52.9 Å². The van der Waals surface area contributed by atoms with E-state index in [0.29, 0.717) is 12.2 Å². The van der Waals surface area contributed by atoms with Crippen LogP contribution in [0.5, 0.6) is 0 Å². The molecule has 1 aliphatic carbocycles. The van der Waals surface area contributed by atoms with Crippen molar-refractivity contribution in [2.45, 2.75) is 70.7 Å². The van der Waals surface area contributed by atoms with Crippen molar-refractivity contribution in [2.75, 3.05) is 20.2 Å². The van der Waals surface area contributed by atoms with Crippen molar-refractivity contribution in [2.24, 2.45) is 0 Å². The first-order chi connectivity index (χ1) is 9.44. The molecule has 1 amide bonds. The van der Waals surface area contributed by atoms with E-state index in [0.717, 1.165) is 33.0 Å². The molecule has 1 aliphatic heterocycles. The summed E-state index contributed by atoms with van der Waals surface area (Å²) in [6.45, 7) is 7.21. The molecular formula is C15H29NO4. The molecule has 0 unspecified atom stereocenters. The highest BCUT2D eigenvalue weighted by Gasteiger charge is 2.29. The summed E-state index contributed by atoms with van der Waals surface area (Å²) >= 11 is 0. The van der Waals surface area contributed by atoms with Gasteiger partial charge in [-0.3, -0.25) is 0 Å². The van der Waals surface area contributed by atoms with Gasteiger partial charge in [0.05, 0.1) is 12.2 Å². The summed E-state index contributed by atoms with van der Waals surface area (Å²) < 4.78 is 11.3. The molecule has 0 bridgehead atoms. The Morgan fingerprint density at radius 3 is 1.95 bits per heavy atom. The van der Waals surface area contributed by atoms with Crippen LogP contribution in [0.3, 0.4) is 0 Å². The average Bonchev–Trinajstić information content (AvgIpc) is 2.35. The molecule has 5 nitrogen and oxygen atoms in total. The second kappa shape index (κ2) is 7.84. The van der Waals surface area contributed by atoms with E-state index in [-0.39, 0.29) is 6.09 Å². The fourth-order valence-corrected chi connectivity index (χ4v) is 2.28. The number of rotatable bonds is 2. The Hall–Kier alpha value is -0.810. The van der Waals surface area contributed by atoms with Crippen LogP contribution in [0, 0.1) is 0 Å². The molecule has 0 radical (unpaired) electrons. The first-order valence-corrected chi connectivity index (χ1v) is 7.52. The fourth-order valence-electron chi connectivity index (χ4n) is 2.28. The van der Waals surface area contributed by atoms with E-state index in [4.69, 9.17) is 14.6 Å². The Bertz CT molecular complexity index is 289. The summed E-state index contributed by atoms with van der Waals surface area (Å²) in [4.78, 5) is 13.7. The van der Waals surface area contributed by atoms with Gasteiger partial charge in [0.25, 0.3) is 0 Å². The number of aliphatic hydroxyl groups excluding tert-OH is 1. The van der Waals surface area contributed by atoms with Crippen molar-refractivity contribution in [3.05, 3.63) is 0 Å². The van der Waals surface area contributed by atoms with Gasteiger partial charge in [0.1, 0.15) is 5.60 Å². The van der Waals surface area contributed by atoms with Gasteiger partial charge in [-0.15, -0.1) is 0 Å². The Labute approximate surface area is 122 Å². The molecule has 0 atom stereocenters. The number of carbonyl (C=O) groups is 1. The third-order valence-corrected chi connectivity index (χ3v) is 3.53. The Morgan fingerprint density at radius 1 is 1.05 bits per heavy atom. The summed E-state index contributed by atoms with van der Waals surface area (Å²) in [6.07, 6.45) is 6.26. The maximum absolute atomic E-state index is 11.9. The number of hydrogen-bond acceptors (Lipinski definition) is 4. The van der Waals surface area contributed by atoms with Crippen molar-refractivity contribution in [3.8, 4) is 0 Å². The van der Waals surface area contributed by atoms with Crippen molar-refractivity contribution in [3.63, 3.8) is 0 Å². The normalized spacial score (nSPS) is 20.8. The Morgan fingerprint density at radius 2 is 1.55 bits per heavy atom. The van der Waals surface area contributed by atoms with Gasteiger partial charge in [-0.2, -0.15) is 0 Å². The summed E-state index contributed by atoms with van der Waals surface area (Å²) in [5.41, 5.74) is -0.406. The van der Waals surface area contributed by atoms with Crippen LogP contribution in [0.15, 0.2) is 0 Å². The van der Waals surface area contributed by atoms with E-state index in [1.165, 1.54) is 19.3 Å². The average molecular weight is 287 g/mol. The number of aliphatic hydroxyl groups is 1. The number of hydrogen-bond donors (Lipinski definition) is 1. The smallest absolute Gasteiger partial charge is 0.410 e. The predicted molar refractivity (Wildman–Crippen MR) is 77.7 cm³/mol. The van der Waals surface area contributed by atoms with Crippen LogP contribution >= 0.6 is 0 Å². The van der Waals surface area contributed by atoms with E-state index < -0.39 is 5.60 Å². The highest BCUT2D eigenvalue weighted by atomic mass is 16.6. The maximum Gasteiger partial charge on any atom is 0.410 e. The van der Waals surface area contributed by atoms with Gasteiger partial charge in [0.2, 0.25) is 0 Å². The maximum atomic E-state index is 11.9. The molecule has 20 heavy (non-hydrogen) atoms. The van der Waals surface area contributed by atoms with Gasteiger partial charge < -0.3 is 19.5 Å². The van der Waals surface area contributed by atoms with Crippen molar-refractivity contribution < 1.29 is 19.4 Å². The molecule has 1 saturated carbocycles. The SMILES string of the molecule is CC(C)(C)OC(=O)N1CCC(OC2CCC2)CC1.CO. The number of piperidine rings is 1. The van der Waals surface area contributed by atoms with Crippen LogP contribution < -0.4 is 0 Å². The highest BCUT2D eigenvalue weighted by molar-refractivity contribution is 5.68. The third-order valence-electron chi connectivity index (χ3n) is 3.53. The van der Waals surface area contributed by atoms with Gasteiger partial charge >= 0.3 is 6.09 Å². The molecule has 1 N–H and O–H groups in total. The molecule has 0 spiro atoms. The molecule has 5 heteroatoms. The van der Waals surface area contributed by atoms with Crippen LogP contribution in [0.4, 0.5) is 4.79 Å². The molecule has 0 aromatic carbocycles. The first kappa shape index (κ1) is 17.2. The second-order valence-corrected chi connectivity index (χ2v) is 6.36. The molecule has 2 rings (SSSR count). The van der Waals surface area contributed by atoms with Crippen LogP contribution in [0.2, 0.25) is 0 Å². The van der Waals surface area contributed by atoms with Crippen LogP contribution in [-0.2, 0) is 9.47 Å². The third kappa shape index (κ3) is 5.67. The number of likely N-dealkylation sites (tertiary alicyclic amines) is 1. The van der Waals surface area contributed by atoms with Gasteiger partial charge in [0, 0.05) is 20.2 Å². The minimum Gasteiger partial charge on any atom is -0.444 e. The van der Waals surface area contributed by atoms with E-state index >= 15 is 0 Å². The fraction of sp³-hybridized carbons (Fsp3) is 0.933. The lowest BCUT2D eigenvalue weighted by molar-refractivity contribution is -0.0742. The topological polar surface area (TPSA) is 59.0 Å². The molecule has 1 saturated heterocycles. The number of ether oxygens (including phenoxy) is 2. The minimum absolute atomic E-state index is 0.190. The minimum atomic E-state index is -0.406. The lowest BCUT2D eigenvalue weighted by Gasteiger charge is -2.36. The van der Waals surface area contributed by atoms with E-state index in [9.17, 15) is 4.79 Å². The van der Waals surface area contributed by atoms with E-state index in [1.54, 1.807) is 4.90 Å². The molecule has 2 fully saturated rings. The van der Waals surface area contributed by atoms with Gasteiger partial charge in [-0.1, -0.05) is 0 Å². The van der Waals surface area contributed by atoms with Crippen molar-refractivity contribution in [1.82, 2.24) is 4.90 Å². The van der Waals surface area contributed by atoms with Gasteiger partial charge in [-0.25, -0.2) is 4.79 Å². The van der Waals surface area contributed by atoms with Crippen molar-refractivity contribution >= 4 is 6.09 Å². The van der Waals surface area contributed by atoms with Crippen LogP contribution in [-0.4, -0.2) is 54.1 Å². The second-order valence-electron chi connectivity index (χ2n) is 6.36. The summed E-state index contributed by atoms with van der Waals surface area (Å²) in [7, 11) is 1.00. The summed E-state index contributed by atoms with van der Waals surface area (Å²) in [6, 6.07) is 0. The zero-order chi connectivity index (χ0) is 15.2. The monoisotopic (exact) mass is 287 g/mol. The summed E-state index contributed by atoms with van der Waals surface area (Å²) in [5.74, 6) is 0. The number of carbonyl (C=O) groups excluding carboxylic acids is 1. The lowest BCUT2D eigenvalue weighted by Crippen LogP contribution is -2.44. The zero-order valence-electron chi connectivity index (χ0n) is 13.2. The first-order valence-electron chi connectivity index (χ1n) is 7.52. The molecular weight excluding hydrogens is 258 g/mol. The van der Waals surface area contributed by atoms with E-state index in [1.807, 2.05) is 20.8 Å². The molecule has 118 valence electrons. The van der Waals surface area contributed by atoms with E-state index in [2.05, 4.69) is 0 Å². The van der Waals surface area contributed by atoms with Crippen molar-refractivity contribution in [1.29, 1.82) is 0 Å². The number of nitrogens with zero attached hydrogens (tertiary/aromatic N) is 1. The Balaban J connectivity index is 0.000000956. The van der Waals surface area contributed by atoms with Crippen LogP contribution in [0.25, 0.3) is 0 Å². The predicted octanol–water partition coefficient (Wildman–Crippen LogP) is 2.56. The Kier molecular flexibility index (Phi) is 6.76. The number of amides is 1. The quantitative estimate of drug-likeness (QED) is 0.848. The summed E-state index contributed by atoms with van der Waals surface area (Å²) in [5, 5.41) is 7.00. The standard InChI is InChI=1S/C14H25NO3.CH4O/c1-14(2,3)18-13(16)15-9-7-12(8-10-15)17-11-5-4-6-11;1-2/h11-12H,4-10H2,1-3H3;2H,1H3. The molecule has 2 aliphatic rings. The van der Waals surface area contributed by atoms with Gasteiger partial charge in [0.15, 0.2) is 0 Å². The zero-order valence-corrected chi connectivity index (χ0v) is 13.2.